The molecule has 0 saturated carbocycles. The van der Waals surface area contributed by atoms with E-state index in [2.05, 4.69) is 11.8 Å². The highest BCUT2D eigenvalue weighted by molar-refractivity contribution is 5.13. The molecule has 0 spiro atoms. The third kappa shape index (κ3) is 3.75. The lowest BCUT2D eigenvalue weighted by atomic mass is 10.1. The lowest BCUT2D eigenvalue weighted by molar-refractivity contribution is 0.115. The molecule has 0 bridgehead atoms. The number of rotatable bonds is 1. The van der Waals surface area contributed by atoms with Gasteiger partial charge in [0, 0.05) is 13.0 Å². The molecule has 0 aromatic rings. The second-order valence-electron chi connectivity index (χ2n) is 3.86. The van der Waals surface area contributed by atoms with Crippen LogP contribution in [0.2, 0.25) is 0 Å². The van der Waals surface area contributed by atoms with Gasteiger partial charge in [-0.1, -0.05) is 11.8 Å². The molecule has 1 rings (SSSR count). The zero-order valence-corrected chi connectivity index (χ0v) is 7.89. The van der Waals surface area contributed by atoms with Crippen molar-refractivity contribution in [1.29, 1.82) is 0 Å². The van der Waals surface area contributed by atoms with Crippen molar-refractivity contribution in [2.24, 2.45) is 5.73 Å². The summed E-state index contributed by atoms with van der Waals surface area (Å²) in [7, 11) is 0. The van der Waals surface area contributed by atoms with E-state index in [1.54, 1.807) is 0 Å². The third-order valence-electron chi connectivity index (χ3n) is 1.76. The van der Waals surface area contributed by atoms with Gasteiger partial charge in [-0.25, -0.2) is 0 Å². The summed E-state index contributed by atoms with van der Waals surface area (Å²) in [5.41, 5.74) is 5.34. The zero-order valence-electron chi connectivity index (χ0n) is 7.89. The summed E-state index contributed by atoms with van der Waals surface area (Å²) in [5, 5.41) is 0. The molecule has 2 nitrogen and oxygen atoms in total. The fourth-order valence-electron chi connectivity index (χ4n) is 1.20. The van der Waals surface area contributed by atoms with Gasteiger partial charge >= 0.3 is 0 Å². The van der Waals surface area contributed by atoms with Gasteiger partial charge in [0.2, 0.25) is 0 Å². The van der Waals surface area contributed by atoms with Crippen molar-refractivity contribution >= 4 is 0 Å². The maximum absolute atomic E-state index is 5.71. The van der Waals surface area contributed by atoms with Gasteiger partial charge in [-0.05, 0) is 26.7 Å². The fourth-order valence-corrected chi connectivity index (χ4v) is 1.20. The minimum atomic E-state index is -0.362. The first kappa shape index (κ1) is 9.57. The number of hydrogen-bond donors (Lipinski definition) is 1. The summed E-state index contributed by atoms with van der Waals surface area (Å²) in [5.74, 6) is 6.06. The van der Waals surface area contributed by atoms with E-state index in [4.69, 9.17) is 10.5 Å². The summed E-state index contributed by atoms with van der Waals surface area (Å²) >= 11 is 0. The number of hydrogen-bond acceptors (Lipinski definition) is 2. The molecule has 0 amide bonds. The van der Waals surface area contributed by atoms with Crippen molar-refractivity contribution in [3.05, 3.63) is 0 Å². The SMILES string of the molecule is CC(C)(N)C#CCC1CCCO1. The Kier molecular flexibility index (Phi) is 3.13. The molecule has 1 fully saturated rings. The molecule has 1 heterocycles. The highest BCUT2D eigenvalue weighted by Gasteiger charge is 2.13. The lowest BCUT2D eigenvalue weighted by Crippen LogP contribution is -2.29. The monoisotopic (exact) mass is 167 g/mol. The first-order chi connectivity index (χ1) is 5.58. The van der Waals surface area contributed by atoms with Crippen molar-refractivity contribution in [2.45, 2.75) is 44.8 Å². The summed E-state index contributed by atoms with van der Waals surface area (Å²) in [4.78, 5) is 0. The van der Waals surface area contributed by atoms with E-state index < -0.39 is 0 Å². The number of ether oxygens (including phenoxy) is 1. The molecule has 1 aliphatic heterocycles. The molecule has 2 heteroatoms. The molecule has 1 saturated heterocycles. The van der Waals surface area contributed by atoms with Crippen LogP contribution in [0.5, 0.6) is 0 Å². The smallest absolute Gasteiger partial charge is 0.0719 e. The minimum Gasteiger partial charge on any atom is -0.377 e. The molecule has 1 atom stereocenters. The zero-order chi connectivity index (χ0) is 9.03. The molecule has 0 aromatic carbocycles. The van der Waals surface area contributed by atoms with Crippen LogP contribution in [0.15, 0.2) is 0 Å². The molecule has 12 heavy (non-hydrogen) atoms. The minimum absolute atomic E-state index is 0.361. The predicted molar refractivity (Wildman–Crippen MR) is 49.6 cm³/mol. The topological polar surface area (TPSA) is 35.2 Å². The van der Waals surface area contributed by atoms with Crippen molar-refractivity contribution in [3.8, 4) is 11.8 Å². The van der Waals surface area contributed by atoms with E-state index in [1.807, 2.05) is 13.8 Å². The van der Waals surface area contributed by atoms with Crippen molar-refractivity contribution < 1.29 is 4.74 Å². The average Bonchev–Trinajstić information content (AvgIpc) is 2.36. The van der Waals surface area contributed by atoms with Crippen LogP contribution < -0.4 is 5.73 Å². The molecule has 2 N–H and O–H groups in total. The summed E-state index contributed by atoms with van der Waals surface area (Å²) in [6, 6.07) is 0. The Labute approximate surface area is 74.5 Å². The maximum Gasteiger partial charge on any atom is 0.0719 e. The van der Waals surface area contributed by atoms with E-state index in [-0.39, 0.29) is 5.54 Å². The van der Waals surface area contributed by atoms with Gasteiger partial charge in [0.1, 0.15) is 0 Å². The Morgan fingerprint density at radius 1 is 1.58 bits per heavy atom. The molecular formula is C10H17NO. The van der Waals surface area contributed by atoms with Crippen LogP contribution in [0, 0.1) is 11.8 Å². The van der Waals surface area contributed by atoms with E-state index in [1.165, 1.54) is 6.42 Å². The van der Waals surface area contributed by atoms with Gasteiger partial charge in [0.25, 0.3) is 0 Å². The Bertz CT molecular complexity index is 188. The van der Waals surface area contributed by atoms with Crippen molar-refractivity contribution in [3.63, 3.8) is 0 Å². The van der Waals surface area contributed by atoms with Gasteiger partial charge in [0.05, 0.1) is 11.6 Å². The molecule has 1 unspecified atom stereocenters. The fraction of sp³-hybridized carbons (Fsp3) is 0.800. The van der Waals surface area contributed by atoms with E-state index in [9.17, 15) is 0 Å². The normalized spacial score (nSPS) is 23.4. The molecule has 0 aromatic heterocycles. The van der Waals surface area contributed by atoms with Crippen molar-refractivity contribution in [1.82, 2.24) is 0 Å². The van der Waals surface area contributed by atoms with Crippen LogP contribution in [0.4, 0.5) is 0 Å². The average molecular weight is 167 g/mol. The van der Waals surface area contributed by atoms with Crippen LogP contribution in [-0.2, 0) is 4.74 Å². The standard InChI is InChI=1S/C10H17NO/c1-10(2,11)7-3-5-9-6-4-8-12-9/h9H,4-6,8,11H2,1-2H3. The van der Waals surface area contributed by atoms with Gasteiger partial charge in [0.15, 0.2) is 0 Å². The Balaban J connectivity index is 2.26. The second kappa shape index (κ2) is 3.93. The Hall–Kier alpha value is -0.520. The molecule has 0 aliphatic carbocycles. The van der Waals surface area contributed by atoms with E-state index >= 15 is 0 Å². The van der Waals surface area contributed by atoms with E-state index in [0.717, 1.165) is 19.4 Å². The summed E-state index contributed by atoms with van der Waals surface area (Å²) in [6.45, 7) is 4.73. The van der Waals surface area contributed by atoms with Crippen LogP contribution in [-0.4, -0.2) is 18.2 Å². The molecule has 0 radical (unpaired) electrons. The summed E-state index contributed by atoms with van der Waals surface area (Å²) < 4.78 is 5.42. The molecule has 68 valence electrons. The van der Waals surface area contributed by atoms with Crippen LogP contribution >= 0.6 is 0 Å². The van der Waals surface area contributed by atoms with Crippen LogP contribution in [0.1, 0.15) is 33.1 Å². The highest BCUT2D eigenvalue weighted by atomic mass is 16.5. The number of nitrogens with two attached hydrogens (primary N) is 1. The largest absolute Gasteiger partial charge is 0.377 e. The van der Waals surface area contributed by atoms with Gasteiger partial charge in [-0.15, -0.1) is 0 Å². The highest BCUT2D eigenvalue weighted by Crippen LogP contribution is 2.14. The Morgan fingerprint density at radius 3 is 2.83 bits per heavy atom. The quantitative estimate of drug-likeness (QED) is 0.597. The van der Waals surface area contributed by atoms with Gasteiger partial charge < -0.3 is 10.5 Å². The Morgan fingerprint density at radius 2 is 2.33 bits per heavy atom. The van der Waals surface area contributed by atoms with Crippen molar-refractivity contribution in [2.75, 3.05) is 6.61 Å². The summed E-state index contributed by atoms with van der Waals surface area (Å²) in [6.07, 6.45) is 3.53. The predicted octanol–water partition coefficient (Wildman–Crippen LogP) is 1.30. The van der Waals surface area contributed by atoms with E-state index in [0.29, 0.717) is 6.10 Å². The van der Waals surface area contributed by atoms with Crippen LogP contribution in [0.3, 0.4) is 0 Å². The third-order valence-corrected chi connectivity index (χ3v) is 1.76. The maximum atomic E-state index is 5.71. The molecular weight excluding hydrogens is 150 g/mol. The lowest BCUT2D eigenvalue weighted by Gasteiger charge is -2.08. The van der Waals surface area contributed by atoms with Gasteiger partial charge in [-0.3, -0.25) is 0 Å². The first-order valence-electron chi connectivity index (χ1n) is 4.48. The first-order valence-corrected chi connectivity index (χ1v) is 4.48. The second-order valence-corrected chi connectivity index (χ2v) is 3.86. The van der Waals surface area contributed by atoms with Gasteiger partial charge in [-0.2, -0.15) is 0 Å². The molecule has 1 aliphatic rings. The van der Waals surface area contributed by atoms with Crippen LogP contribution in [0.25, 0.3) is 0 Å².